The Hall–Kier alpha value is -9.07. The van der Waals surface area contributed by atoms with Gasteiger partial charge < -0.3 is 9.13 Å². The van der Waals surface area contributed by atoms with Crippen LogP contribution in [0.5, 0.6) is 0 Å². The van der Waals surface area contributed by atoms with E-state index in [0.717, 1.165) is 11.1 Å². The number of fused-ring (bicyclic) bond motifs is 6. The molecule has 0 atom stereocenters. The minimum Gasteiger partial charge on any atom is -0.309 e. The van der Waals surface area contributed by atoms with Crippen molar-refractivity contribution in [1.82, 2.24) is 9.13 Å². The normalized spacial score (nSPS) is 11.7. The number of benzene rings is 11. The summed E-state index contributed by atoms with van der Waals surface area (Å²) in [6, 6.07) is 97.7. The Morgan fingerprint density at radius 1 is 0.256 bits per heavy atom. The molecule has 78 heavy (non-hydrogen) atoms. The molecule has 4 heteroatoms. The molecule has 0 bridgehead atoms. The molecule has 0 saturated heterocycles. The fourth-order valence-corrected chi connectivity index (χ4v) is 16.1. The topological polar surface area (TPSA) is 9.86 Å². The van der Waals surface area contributed by atoms with E-state index in [4.69, 9.17) is 0 Å². The number of hydrogen-bond acceptors (Lipinski definition) is 0. The van der Waals surface area contributed by atoms with Gasteiger partial charge in [0.05, 0.1) is 22.1 Å². The Morgan fingerprint density at radius 2 is 0.462 bits per heavy atom. The van der Waals surface area contributed by atoms with Gasteiger partial charge in [-0.3, -0.25) is 0 Å². The van der Waals surface area contributed by atoms with E-state index in [1.807, 2.05) is 12.2 Å². The minimum absolute atomic E-state index is 1.14. The van der Waals surface area contributed by atoms with Gasteiger partial charge in [0.25, 0.3) is 0 Å². The summed E-state index contributed by atoms with van der Waals surface area (Å²) >= 11 is 0. The van der Waals surface area contributed by atoms with E-state index in [-0.39, 0.29) is 0 Å². The SMILES string of the molecule is C=Cc1ccc(-c2ccc([Si](C)(C)c3ccc(-c4ccc(-n5c6ccccc6c6ccccc65)cc4)cc3)cc2)cc1.C=Cc1ccc(-c2ccc([Si](C)(C)c3ccc(-n4c5ccccc5c5ccccc54)cc3)cc2)cc1. The lowest BCUT2D eigenvalue weighted by Gasteiger charge is -2.24. The van der Waals surface area contributed by atoms with E-state index in [9.17, 15) is 0 Å². The summed E-state index contributed by atoms with van der Waals surface area (Å²) < 4.78 is 4.75. The van der Waals surface area contributed by atoms with Crippen molar-refractivity contribution in [2.45, 2.75) is 26.2 Å². The smallest absolute Gasteiger partial charge is 0.112 e. The molecule has 0 saturated carbocycles. The maximum Gasteiger partial charge on any atom is 0.112 e. The predicted molar refractivity (Wildman–Crippen MR) is 344 cm³/mol. The summed E-state index contributed by atoms with van der Waals surface area (Å²) in [5, 5.41) is 10.9. The maximum absolute atomic E-state index is 3.86. The highest BCUT2D eigenvalue weighted by atomic mass is 28.3. The predicted octanol–water partition coefficient (Wildman–Crippen LogP) is 17.5. The monoisotopic (exact) mass is 1030 g/mol. The van der Waals surface area contributed by atoms with Crippen LogP contribution in [0.2, 0.25) is 26.2 Å². The third-order valence-electron chi connectivity index (χ3n) is 16.2. The third kappa shape index (κ3) is 9.29. The van der Waals surface area contributed by atoms with Crippen LogP contribution in [0.25, 0.3) is 101 Å². The average molecular weight is 1040 g/mol. The van der Waals surface area contributed by atoms with Crippen molar-refractivity contribution in [1.29, 1.82) is 0 Å². The lowest BCUT2D eigenvalue weighted by Crippen LogP contribution is -2.52. The molecule has 0 N–H and O–H groups in total. The van der Waals surface area contributed by atoms with Crippen LogP contribution in [0.15, 0.2) is 280 Å². The second-order valence-corrected chi connectivity index (χ2v) is 30.3. The fourth-order valence-electron chi connectivity index (χ4n) is 11.4. The van der Waals surface area contributed by atoms with E-state index < -0.39 is 16.1 Å². The average Bonchev–Trinajstić information content (AvgIpc) is 4.04. The molecule has 0 aliphatic carbocycles. The van der Waals surface area contributed by atoms with Crippen molar-refractivity contribution in [2.75, 3.05) is 0 Å². The van der Waals surface area contributed by atoms with Gasteiger partial charge in [-0.2, -0.15) is 0 Å². The molecule has 0 fully saturated rings. The van der Waals surface area contributed by atoms with Crippen LogP contribution in [0.1, 0.15) is 11.1 Å². The molecular weight excluding hydrogens is 973 g/mol. The number of para-hydroxylation sites is 4. The third-order valence-corrected chi connectivity index (χ3v) is 23.4. The number of hydrogen-bond donors (Lipinski definition) is 0. The summed E-state index contributed by atoms with van der Waals surface area (Å²) in [5.41, 5.74) is 17.1. The van der Waals surface area contributed by atoms with E-state index in [1.54, 1.807) is 0 Å². The lowest BCUT2D eigenvalue weighted by atomic mass is 10.0. The largest absolute Gasteiger partial charge is 0.309 e. The summed E-state index contributed by atoms with van der Waals surface area (Å²) in [6.45, 7) is 17.5. The molecule has 2 aromatic heterocycles. The number of rotatable bonds is 11. The van der Waals surface area contributed by atoms with Crippen molar-refractivity contribution in [2.24, 2.45) is 0 Å². The molecule has 2 heterocycles. The second kappa shape index (κ2) is 20.8. The van der Waals surface area contributed by atoms with Gasteiger partial charge >= 0.3 is 0 Å². The summed E-state index contributed by atoms with van der Waals surface area (Å²) in [7, 11) is -3.66. The highest BCUT2D eigenvalue weighted by molar-refractivity contribution is 7.01. The Labute approximate surface area is 461 Å². The molecule has 13 aromatic rings. The highest BCUT2D eigenvalue weighted by Gasteiger charge is 2.27. The quantitative estimate of drug-likeness (QED) is 0.114. The molecule has 2 nitrogen and oxygen atoms in total. The van der Waals surface area contributed by atoms with Crippen molar-refractivity contribution >= 4 is 92.7 Å². The van der Waals surface area contributed by atoms with Crippen LogP contribution in [-0.4, -0.2) is 25.3 Å². The highest BCUT2D eigenvalue weighted by Crippen LogP contribution is 2.34. The minimum atomic E-state index is -1.83. The van der Waals surface area contributed by atoms with Crippen molar-refractivity contribution in [3.63, 3.8) is 0 Å². The number of aromatic nitrogens is 2. The molecule has 0 amide bonds. The molecule has 0 unspecified atom stereocenters. The molecule has 13 rings (SSSR count). The molecule has 11 aromatic carbocycles. The van der Waals surface area contributed by atoms with Gasteiger partial charge in [0.15, 0.2) is 0 Å². The molecular formula is C74H62N2Si2. The van der Waals surface area contributed by atoms with Crippen molar-refractivity contribution in [3.8, 4) is 44.8 Å². The standard InChI is InChI=1S/C40H33NSi.C34H29NSi/c1-4-29-13-15-30(16-14-29)32-19-25-35(26-20-32)42(2,3)36-27-21-33(22-28-36)31-17-23-34(24-18-31)41-39-11-7-5-9-37(39)38-10-6-8-12-40(38)41;1-4-25-13-15-26(16-14-25)27-17-21-29(22-18-27)36(2,3)30-23-19-28(20-24-30)35-33-11-7-5-9-31(33)32-10-6-8-12-34(32)35/h4-28H,1H2,2-3H3;4-24H,1H2,2-3H3. The van der Waals surface area contributed by atoms with Gasteiger partial charge in [0.2, 0.25) is 0 Å². The van der Waals surface area contributed by atoms with Gasteiger partial charge in [0, 0.05) is 32.9 Å². The molecule has 0 spiro atoms. The zero-order valence-corrected chi connectivity index (χ0v) is 46.9. The summed E-state index contributed by atoms with van der Waals surface area (Å²) in [4.78, 5) is 0. The first-order chi connectivity index (χ1) is 38.1. The zero-order valence-electron chi connectivity index (χ0n) is 44.9. The van der Waals surface area contributed by atoms with Gasteiger partial charge in [-0.25, -0.2) is 0 Å². The fraction of sp³-hybridized carbons (Fsp3) is 0.0541. The first-order valence-corrected chi connectivity index (χ1v) is 33.0. The summed E-state index contributed by atoms with van der Waals surface area (Å²) in [6.07, 6.45) is 3.77. The first kappa shape index (κ1) is 49.8. The van der Waals surface area contributed by atoms with Gasteiger partial charge in [-0.05, 0) is 93.0 Å². The molecule has 0 aliphatic rings. The summed E-state index contributed by atoms with van der Waals surface area (Å²) in [5.74, 6) is 0. The Bertz CT molecular complexity index is 4170. The molecule has 376 valence electrons. The Morgan fingerprint density at radius 3 is 0.718 bits per heavy atom. The van der Waals surface area contributed by atoms with Gasteiger partial charge in [-0.15, -0.1) is 0 Å². The Kier molecular flexibility index (Phi) is 13.3. The maximum atomic E-state index is 3.86. The molecule has 0 radical (unpaired) electrons. The van der Waals surface area contributed by atoms with E-state index >= 15 is 0 Å². The van der Waals surface area contributed by atoms with Crippen LogP contribution in [0.4, 0.5) is 0 Å². The van der Waals surface area contributed by atoms with Crippen LogP contribution in [-0.2, 0) is 0 Å². The van der Waals surface area contributed by atoms with Crippen LogP contribution in [0.3, 0.4) is 0 Å². The Balaban J connectivity index is 0.000000158. The van der Waals surface area contributed by atoms with Crippen LogP contribution < -0.4 is 20.7 Å². The van der Waals surface area contributed by atoms with Gasteiger partial charge in [-0.1, -0.05) is 291 Å². The van der Waals surface area contributed by atoms with Crippen LogP contribution in [0, 0.1) is 0 Å². The second-order valence-electron chi connectivity index (χ2n) is 21.5. The lowest BCUT2D eigenvalue weighted by molar-refractivity contribution is 1.18. The van der Waals surface area contributed by atoms with Gasteiger partial charge in [0.1, 0.15) is 16.1 Å². The first-order valence-electron chi connectivity index (χ1n) is 27.0. The van der Waals surface area contributed by atoms with Crippen LogP contribution >= 0.6 is 0 Å². The number of nitrogens with zero attached hydrogens (tertiary/aromatic N) is 2. The van der Waals surface area contributed by atoms with Crippen molar-refractivity contribution in [3.05, 3.63) is 291 Å². The van der Waals surface area contributed by atoms with E-state index in [0.29, 0.717) is 0 Å². The molecule has 0 aliphatic heterocycles. The zero-order chi connectivity index (χ0) is 53.4. The van der Waals surface area contributed by atoms with Crippen molar-refractivity contribution < 1.29 is 0 Å². The van der Waals surface area contributed by atoms with E-state index in [2.05, 4.69) is 315 Å². The van der Waals surface area contributed by atoms with E-state index in [1.165, 1.54) is 109 Å².